The van der Waals surface area contributed by atoms with Gasteiger partial charge >= 0.3 is 0 Å². The fraction of sp³-hybridized carbons (Fsp3) is 0.417. The molecule has 0 amide bonds. The van der Waals surface area contributed by atoms with Gasteiger partial charge in [-0.05, 0) is 50.2 Å². The van der Waals surface area contributed by atoms with Crippen molar-refractivity contribution in [2.45, 2.75) is 13.8 Å². The first kappa shape index (κ1) is 25.1. The van der Waals surface area contributed by atoms with Crippen molar-refractivity contribution >= 4 is 11.4 Å². The predicted octanol–water partition coefficient (Wildman–Crippen LogP) is 2.31. The largest absolute Gasteiger partial charge is 0.487 e. The molecule has 2 aromatic carbocycles. The Balaban J connectivity index is 1.66. The van der Waals surface area contributed by atoms with Crippen LogP contribution in [-0.4, -0.2) is 64.3 Å². The molecule has 1 heterocycles. The molecule has 0 unspecified atom stereocenters. The Morgan fingerprint density at radius 2 is 0.912 bits per heavy atom. The summed E-state index contributed by atoms with van der Waals surface area (Å²) in [6, 6.07) is 11.1. The van der Waals surface area contributed by atoms with Crippen molar-refractivity contribution in [3.63, 3.8) is 0 Å². The first-order valence-corrected chi connectivity index (χ1v) is 11.1. The Morgan fingerprint density at radius 3 is 1.26 bits per heavy atom. The van der Waals surface area contributed by atoms with Gasteiger partial charge in [0.15, 0.2) is 23.0 Å². The Hall–Kier alpha value is -3.50. The zero-order valence-corrected chi connectivity index (χ0v) is 19.6. The topological polar surface area (TPSA) is 132 Å². The highest BCUT2D eigenvalue weighted by Crippen LogP contribution is 2.30. The fourth-order valence-corrected chi connectivity index (χ4v) is 3.13. The van der Waals surface area contributed by atoms with Gasteiger partial charge in [0.25, 0.3) is 0 Å². The Kier molecular flexibility index (Phi) is 9.80. The maximum Gasteiger partial charge on any atom is 0.161 e. The van der Waals surface area contributed by atoms with Crippen LogP contribution in [0, 0.1) is 0 Å². The summed E-state index contributed by atoms with van der Waals surface area (Å²) in [6.07, 6.45) is 0. The molecule has 0 atom stereocenters. The van der Waals surface area contributed by atoms with E-state index in [-0.39, 0.29) is 0 Å². The molecule has 0 bridgehead atoms. The van der Waals surface area contributed by atoms with Crippen molar-refractivity contribution in [2.24, 2.45) is 21.9 Å². The lowest BCUT2D eigenvalue weighted by Crippen LogP contribution is -2.16. The molecule has 2 aromatic rings. The van der Waals surface area contributed by atoms with E-state index < -0.39 is 0 Å². The monoisotopic (exact) mass is 472 g/mol. The summed E-state index contributed by atoms with van der Waals surface area (Å²) in [5.41, 5.74) is 3.09. The summed E-state index contributed by atoms with van der Waals surface area (Å²) in [6.45, 7) is 6.59. The SMILES string of the molecule is C/C(=N\N)c1ccc2c(c1)OCCOCCOc1cc(/C(C)=N/N)ccc1OCCOCCO2. The molecule has 0 fully saturated rings. The van der Waals surface area contributed by atoms with Crippen LogP contribution in [0.5, 0.6) is 23.0 Å². The van der Waals surface area contributed by atoms with Crippen molar-refractivity contribution in [3.8, 4) is 23.0 Å². The molecule has 3 rings (SSSR count). The number of fused-ring (bicyclic) bond motifs is 2. The van der Waals surface area contributed by atoms with E-state index in [1.54, 1.807) is 0 Å². The second-order valence-corrected chi connectivity index (χ2v) is 7.37. The molecule has 10 nitrogen and oxygen atoms in total. The number of hydrogen-bond donors (Lipinski definition) is 2. The number of nitrogens with zero attached hydrogens (tertiary/aromatic N) is 2. The minimum Gasteiger partial charge on any atom is -0.487 e. The van der Waals surface area contributed by atoms with Crippen LogP contribution in [0.2, 0.25) is 0 Å². The third kappa shape index (κ3) is 7.26. The molecule has 0 aromatic heterocycles. The van der Waals surface area contributed by atoms with E-state index in [1.807, 2.05) is 50.2 Å². The van der Waals surface area contributed by atoms with E-state index in [9.17, 15) is 0 Å². The summed E-state index contributed by atoms with van der Waals surface area (Å²) in [5.74, 6) is 13.2. The lowest BCUT2D eigenvalue weighted by Gasteiger charge is -2.16. The lowest BCUT2D eigenvalue weighted by atomic mass is 10.1. The molecule has 0 aliphatic carbocycles. The van der Waals surface area contributed by atoms with Crippen molar-refractivity contribution < 1.29 is 28.4 Å². The van der Waals surface area contributed by atoms with E-state index >= 15 is 0 Å². The molecule has 0 saturated heterocycles. The van der Waals surface area contributed by atoms with Crippen molar-refractivity contribution in [2.75, 3.05) is 52.9 Å². The van der Waals surface area contributed by atoms with E-state index in [0.29, 0.717) is 87.3 Å². The first-order chi connectivity index (χ1) is 16.6. The van der Waals surface area contributed by atoms with E-state index in [0.717, 1.165) is 11.1 Å². The molecular formula is C24H32N4O6. The molecule has 0 radical (unpaired) electrons. The van der Waals surface area contributed by atoms with Crippen LogP contribution >= 0.6 is 0 Å². The van der Waals surface area contributed by atoms with Gasteiger partial charge in [-0.25, -0.2) is 0 Å². The summed E-state index contributed by atoms with van der Waals surface area (Å²) >= 11 is 0. The average Bonchev–Trinajstić information content (AvgIpc) is 2.87. The number of hydrogen-bond acceptors (Lipinski definition) is 10. The van der Waals surface area contributed by atoms with E-state index in [4.69, 9.17) is 40.1 Å². The minimum atomic E-state index is 0.338. The Labute approximate surface area is 199 Å². The highest BCUT2D eigenvalue weighted by atomic mass is 16.6. The second-order valence-electron chi connectivity index (χ2n) is 7.37. The maximum absolute atomic E-state index is 5.91. The summed E-state index contributed by atoms with van der Waals surface area (Å²) in [5, 5.41) is 7.48. The number of hydrazone groups is 2. The zero-order valence-electron chi connectivity index (χ0n) is 19.6. The highest BCUT2D eigenvalue weighted by molar-refractivity contribution is 5.99. The fourth-order valence-electron chi connectivity index (χ4n) is 3.13. The van der Waals surface area contributed by atoms with Crippen LogP contribution in [0.25, 0.3) is 0 Å². The Bertz CT molecular complexity index is 918. The van der Waals surface area contributed by atoms with Crippen molar-refractivity contribution in [1.29, 1.82) is 0 Å². The van der Waals surface area contributed by atoms with Crippen molar-refractivity contribution in [3.05, 3.63) is 47.5 Å². The number of nitrogens with two attached hydrogens (primary N) is 2. The standard InChI is InChI=1S/C24H32N4O6/c1-17(27-25)19-3-5-21-23(15-19)33-13-9-30-10-14-34-24-16-20(18(2)28-26)4-6-22(24)32-12-8-29-7-11-31-21/h3-6,15-16H,7-14,25-26H2,1-2H3/b27-17+,28-18+. The molecular weight excluding hydrogens is 440 g/mol. The van der Waals surface area contributed by atoms with E-state index in [2.05, 4.69) is 10.2 Å². The molecule has 184 valence electrons. The van der Waals surface area contributed by atoms with Gasteiger partial charge in [-0.3, -0.25) is 0 Å². The third-order valence-electron chi connectivity index (χ3n) is 5.05. The normalized spacial score (nSPS) is 16.9. The molecule has 0 spiro atoms. The number of rotatable bonds is 2. The molecule has 4 N–H and O–H groups in total. The van der Waals surface area contributed by atoms with Gasteiger partial charge in [-0.1, -0.05) is 0 Å². The minimum absolute atomic E-state index is 0.338. The van der Waals surface area contributed by atoms with Crippen LogP contribution in [0.4, 0.5) is 0 Å². The highest BCUT2D eigenvalue weighted by Gasteiger charge is 2.11. The van der Waals surface area contributed by atoms with Crippen LogP contribution in [-0.2, 0) is 9.47 Å². The maximum atomic E-state index is 5.91. The summed E-state index contributed by atoms with van der Waals surface area (Å²) in [7, 11) is 0. The predicted molar refractivity (Wildman–Crippen MR) is 129 cm³/mol. The summed E-state index contributed by atoms with van der Waals surface area (Å²) < 4.78 is 34.8. The van der Waals surface area contributed by atoms with Gasteiger partial charge in [-0.2, -0.15) is 10.2 Å². The van der Waals surface area contributed by atoms with Gasteiger partial charge in [0.05, 0.1) is 37.9 Å². The lowest BCUT2D eigenvalue weighted by molar-refractivity contribution is 0.0640. The average molecular weight is 473 g/mol. The van der Waals surface area contributed by atoms with Gasteiger partial charge < -0.3 is 40.1 Å². The molecule has 34 heavy (non-hydrogen) atoms. The van der Waals surface area contributed by atoms with Gasteiger partial charge in [0.2, 0.25) is 0 Å². The smallest absolute Gasteiger partial charge is 0.161 e. The van der Waals surface area contributed by atoms with Gasteiger partial charge in [-0.15, -0.1) is 0 Å². The van der Waals surface area contributed by atoms with Gasteiger partial charge in [0.1, 0.15) is 26.4 Å². The number of benzene rings is 2. The molecule has 0 saturated carbocycles. The second kappa shape index (κ2) is 13.3. The van der Waals surface area contributed by atoms with Crippen LogP contribution in [0.15, 0.2) is 46.6 Å². The van der Waals surface area contributed by atoms with Gasteiger partial charge in [0, 0.05) is 11.1 Å². The van der Waals surface area contributed by atoms with Crippen LogP contribution < -0.4 is 30.6 Å². The zero-order chi connectivity index (χ0) is 24.2. The first-order valence-electron chi connectivity index (χ1n) is 11.1. The van der Waals surface area contributed by atoms with Crippen LogP contribution in [0.3, 0.4) is 0 Å². The third-order valence-corrected chi connectivity index (χ3v) is 5.05. The van der Waals surface area contributed by atoms with Crippen LogP contribution in [0.1, 0.15) is 25.0 Å². The van der Waals surface area contributed by atoms with Crippen molar-refractivity contribution in [1.82, 2.24) is 0 Å². The van der Waals surface area contributed by atoms with E-state index in [1.165, 1.54) is 0 Å². The number of ether oxygens (including phenoxy) is 6. The summed E-state index contributed by atoms with van der Waals surface area (Å²) in [4.78, 5) is 0. The Morgan fingerprint density at radius 1 is 0.559 bits per heavy atom. The molecule has 10 heteroatoms. The quantitative estimate of drug-likeness (QED) is 0.387. The molecule has 1 aliphatic rings. The molecule has 1 aliphatic heterocycles.